The number of carboxylic acids is 1. The van der Waals surface area contributed by atoms with E-state index in [2.05, 4.69) is 21.3 Å². The Morgan fingerprint density at radius 3 is 2.13 bits per heavy atom. The van der Waals surface area contributed by atoms with Gasteiger partial charge in [-0.2, -0.15) is 0 Å². The van der Waals surface area contributed by atoms with E-state index in [9.17, 15) is 43.2 Å². The summed E-state index contributed by atoms with van der Waals surface area (Å²) in [7, 11) is 2.82. The minimum absolute atomic E-state index is 0.00713. The van der Waals surface area contributed by atoms with Gasteiger partial charge in [-0.15, -0.1) is 0 Å². The fourth-order valence-electron chi connectivity index (χ4n) is 6.24. The summed E-state index contributed by atoms with van der Waals surface area (Å²) in [5.41, 5.74) is 5.82. The number of carboxylic acid groups (broad SMARTS) is 1. The number of amides is 9. The molecule has 4 atom stereocenters. The van der Waals surface area contributed by atoms with E-state index in [1.54, 1.807) is 38.1 Å². The summed E-state index contributed by atoms with van der Waals surface area (Å²) in [6.07, 6.45) is 1.55. The first kappa shape index (κ1) is 50.4. The number of likely N-dealkylation sites (tertiary alicyclic amines) is 1. The van der Waals surface area contributed by atoms with E-state index >= 15 is 0 Å². The molecule has 1 aromatic rings. The molecule has 0 bridgehead atoms. The molecular weight excluding hydrogens is 780 g/mol. The quantitative estimate of drug-likeness (QED) is 0.0689. The van der Waals surface area contributed by atoms with Crippen molar-refractivity contribution in [3.8, 4) is 0 Å². The Labute approximate surface area is 351 Å². The van der Waals surface area contributed by atoms with Crippen LogP contribution in [0.4, 0.5) is 15.3 Å². The van der Waals surface area contributed by atoms with Crippen LogP contribution in [0.15, 0.2) is 24.3 Å². The largest absolute Gasteiger partial charge is 0.480 e. The predicted octanol–water partition coefficient (Wildman–Crippen LogP) is 2.57. The summed E-state index contributed by atoms with van der Waals surface area (Å²) in [5.74, 6) is -4.10. The lowest BCUT2D eigenvalue weighted by molar-refractivity contribution is -0.148. The number of rotatable bonds is 23. The summed E-state index contributed by atoms with van der Waals surface area (Å²) in [6.45, 7) is 11.0. The predicted molar refractivity (Wildman–Crippen MR) is 221 cm³/mol. The van der Waals surface area contributed by atoms with Gasteiger partial charge in [-0.3, -0.25) is 33.7 Å². The van der Waals surface area contributed by atoms with E-state index in [4.69, 9.17) is 15.6 Å². The van der Waals surface area contributed by atoms with E-state index < -0.39 is 53.9 Å². The van der Waals surface area contributed by atoms with Gasteiger partial charge in [0.15, 0.2) is 0 Å². The number of aliphatic carboxylic acids is 1. The van der Waals surface area contributed by atoms with Crippen molar-refractivity contribution in [2.75, 3.05) is 39.0 Å². The van der Waals surface area contributed by atoms with Crippen molar-refractivity contribution < 1.29 is 53.0 Å². The van der Waals surface area contributed by atoms with Crippen LogP contribution in [0.1, 0.15) is 98.5 Å². The van der Waals surface area contributed by atoms with Crippen LogP contribution >= 0.6 is 0 Å². The number of urea groups is 1. The standard InChI is InChI=1S/C41H64N8O11/c1-25(2)34(46-31(50)14-10-9-11-21-49-33(52)23-29(37(49)55)41(4,5)6)36(54)45-30(13-12-20-43-39(42)58)35(53)44-28-17-15-27(16-18-28)24-60-40(59)47(7)22-19-32(51)48(8)26(3)38(56)57/h15-18,25-26,29-30,34H,9-14,19-24H2,1-8H3,(H,44,53)(H,45,54)(H,46,50)(H,56,57)(H3,42,43,58)/t26-,29?,30-,34-/m0/s1. The Bertz CT molecular complexity index is 1700. The summed E-state index contributed by atoms with van der Waals surface area (Å²) >= 11 is 0. The van der Waals surface area contributed by atoms with Crippen LogP contribution in [0.3, 0.4) is 0 Å². The van der Waals surface area contributed by atoms with E-state index in [-0.39, 0.29) is 86.8 Å². The lowest BCUT2D eigenvalue weighted by atomic mass is 9.80. The maximum Gasteiger partial charge on any atom is 0.409 e. The van der Waals surface area contributed by atoms with Gasteiger partial charge in [0.1, 0.15) is 24.7 Å². The molecule has 1 aromatic carbocycles. The second kappa shape index (κ2) is 23.7. The molecule has 1 aliphatic heterocycles. The van der Waals surface area contributed by atoms with Crippen molar-refractivity contribution in [2.24, 2.45) is 23.0 Å². The molecule has 0 saturated carbocycles. The van der Waals surface area contributed by atoms with E-state index in [0.29, 0.717) is 37.1 Å². The Kier molecular flexibility index (Phi) is 19.9. The second-order valence-corrected chi connectivity index (χ2v) is 16.5. The molecule has 1 aliphatic rings. The first-order valence-electron chi connectivity index (χ1n) is 20.3. The van der Waals surface area contributed by atoms with Gasteiger partial charge in [0.25, 0.3) is 0 Å². The molecule has 0 aliphatic carbocycles. The van der Waals surface area contributed by atoms with Gasteiger partial charge < -0.3 is 46.6 Å². The zero-order chi connectivity index (χ0) is 45.3. The van der Waals surface area contributed by atoms with Gasteiger partial charge in [-0.05, 0) is 61.6 Å². The number of nitrogens with zero attached hydrogens (tertiary/aromatic N) is 3. The van der Waals surface area contributed by atoms with Gasteiger partial charge >= 0.3 is 18.1 Å². The number of carbonyl (C=O) groups excluding carboxylic acids is 8. The molecule has 7 N–H and O–H groups in total. The van der Waals surface area contributed by atoms with Crippen molar-refractivity contribution in [1.82, 2.24) is 30.7 Å². The molecule has 1 unspecified atom stereocenters. The highest BCUT2D eigenvalue weighted by Crippen LogP contribution is 2.35. The van der Waals surface area contributed by atoms with Gasteiger partial charge in [0, 0.05) is 58.7 Å². The van der Waals surface area contributed by atoms with Crippen molar-refractivity contribution in [1.29, 1.82) is 0 Å². The van der Waals surface area contributed by atoms with Crippen molar-refractivity contribution in [3.05, 3.63) is 29.8 Å². The normalized spacial score (nSPS) is 15.4. The third-order valence-corrected chi connectivity index (χ3v) is 10.3. The maximum absolute atomic E-state index is 13.5. The van der Waals surface area contributed by atoms with Gasteiger partial charge in [-0.1, -0.05) is 53.2 Å². The molecular formula is C41H64N8O11. The molecule has 0 radical (unpaired) electrons. The van der Waals surface area contributed by atoms with Crippen LogP contribution in [0.25, 0.3) is 0 Å². The summed E-state index contributed by atoms with van der Waals surface area (Å²) in [5, 5.41) is 19.8. The summed E-state index contributed by atoms with van der Waals surface area (Å²) in [4.78, 5) is 116. The minimum Gasteiger partial charge on any atom is -0.480 e. The zero-order valence-electron chi connectivity index (χ0n) is 36.1. The number of benzene rings is 1. The van der Waals surface area contributed by atoms with Gasteiger partial charge in [-0.25, -0.2) is 14.4 Å². The lowest BCUT2D eigenvalue weighted by Crippen LogP contribution is -2.54. The third kappa shape index (κ3) is 16.5. The molecule has 19 heteroatoms. The molecule has 0 aromatic heterocycles. The van der Waals surface area contributed by atoms with Crippen LogP contribution < -0.4 is 27.0 Å². The number of nitrogens with one attached hydrogen (secondary N) is 4. The zero-order valence-corrected chi connectivity index (χ0v) is 36.1. The fourth-order valence-corrected chi connectivity index (χ4v) is 6.24. The summed E-state index contributed by atoms with van der Waals surface area (Å²) < 4.78 is 5.32. The molecule has 60 heavy (non-hydrogen) atoms. The molecule has 2 rings (SSSR count). The maximum atomic E-state index is 13.5. The molecule has 334 valence electrons. The smallest absolute Gasteiger partial charge is 0.409 e. The number of hydrogen-bond acceptors (Lipinski definition) is 10. The van der Waals surface area contributed by atoms with Crippen LogP contribution in [0.2, 0.25) is 0 Å². The van der Waals surface area contributed by atoms with Crippen molar-refractivity contribution >= 4 is 59.2 Å². The van der Waals surface area contributed by atoms with Crippen LogP contribution in [0.5, 0.6) is 0 Å². The summed E-state index contributed by atoms with van der Waals surface area (Å²) in [6, 6.07) is 2.63. The number of carbonyl (C=O) groups is 9. The number of ether oxygens (including phenoxy) is 1. The van der Waals surface area contributed by atoms with E-state index in [1.807, 2.05) is 20.8 Å². The van der Waals surface area contributed by atoms with E-state index in [1.165, 1.54) is 30.8 Å². The van der Waals surface area contributed by atoms with Crippen molar-refractivity contribution in [3.63, 3.8) is 0 Å². The molecule has 1 fully saturated rings. The first-order valence-corrected chi connectivity index (χ1v) is 20.3. The number of unbranched alkanes of at least 4 members (excludes halogenated alkanes) is 2. The average Bonchev–Trinajstić information content (AvgIpc) is 3.47. The minimum atomic E-state index is -1.15. The fraction of sp³-hybridized carbons (Fsp3) is 0.634. The number of anilines is 1. The molecule has 0 spiro atoms. The molecule has 9 amide bonds. The topological polar surface area (TPSA) is 267 Å². The Morgan fingerprint density at radius 1 is 0.917 bits per heavy atom. The number of imide groups is 1. The number of primary amides is 1. The first-order chi connectivity index (χ1) is 28.0. The van der Waals surface area contributed by atoms with Gasteiger partial charge in [0.05, 0.1) is 5.92 Å². The Morgan fingerprint density at radius 2 is 1.57 bits per heavy atom. The Balaban J connectivity index is 1.93. The number of hydrogen-bond donors (Lipinski definition) is 6. The van der Waals surface area contributed by atoms with E-state index in [0.717, 1.165) is 4.90 Å². The average molecular weight is 845 g/mol. The SMILES string of the molecule is CC(C)[C@H](NC(=O)CCCCCN1C(=O)CC(C(C)(C)C)C1=O)C(=O)N[C@@H](CCCNC(N)=O)C(=O)Nc1ccc(COC(=O)N(C)CCC(=O)N(C)[C@@H](C)C(=O)O)cc1. The lowest BCUT2D eigenvalue weighted by Gasteiger charge is -2.25. The van der Waals surface area contributed by atoms with Crippen LogP contribution in [-0.4, -0.2) is 125 Å². The van der Waals surface area contributed by atoms with Crippen molar-refractivity contribution in [2.45, 2.75) is 118 Å². The highest BCUT2D eigenvalue weighted by molar-refractivity contribution is 6.04. The highest BCUT2D eigenvalue weighted by atomic mass is 16.6. The second-order valence-electron chi connectivity index (χ2n) is 16.5. The number of likely N-dealkylation sites (N-methyl/N-ethyl adjacent to an activating group) is 1. The number of nitrogens with two attached hydrogens (primary N) is 1. The molecule has 1 heterocycles. The highest BCUT2D eigenvalue weighted by Gasteiger charge is 2.44. The molecule has 1 saturated heterocycles. The Hall–Kier alpha value is -5.75. The monoisotopic (exact) mass is 844 g/mol. The van der Waals surface area contributed by atoms with Gasteiger partial charge in [0.2, 0.25) is 35.4 Å². The van der Waals surface area contributed by atoms with Crippen LogP contribution in [0, 0.1) is 17.3 Å². The molecule has 19 nitrogen and oxygen atoms in total. The van der Waals surface area contributed by atoms with Crippen LogP contribution in [-0.2, 0) is 44.9 Å². The third-order valence-electron chi connectivity index (χ3n) is 10.3.